The Labute approximate surface area is 144 Å². The van der Waals surface area contributed by atoms with Gasteiger partial charge in [0.1, 0.15) is 6.61 Å². The molecule has 3 N–H and O–H groups in total. The first-order valence-corrected chi connectivity index (χ1v) is 8.59. The molecule has 0 bridgehead atoms. The topological polar surface area (TPSA) is 56.5 Å². The Balaban J connectivity index is 1.70. The van der Waals surface area contributed by atoms with Gasteiger partial charge in [-0.15, -0.1) is 0 Å². The van der Waals surface area contributed by atoms with Crippen molar-refractivity contribution in [2.45, 2.75) is 25.5 Å². The lowest BCUT2D eigenvalue weighted by atomic mass is 9.86. The largest absolute Gasteiger partial charge is 0.493 e. The average Bonchev–Trinajstić information content (AvgIpc) is 2.67. The predicted octanol–water partition coefficient (Wildman–Crippen LogP) is 3.27. The molecule has 1 fully saturated rings. The number of benzene rings is 2. The summed E-state index contributed by atoms with van der Waals surface area (Å²) in [6.07, 6.45) is 2.24. The Morgan fingerprint density at radius 1 is 1.08 bits per heavy atom. The maximum atomic E-state index is 6.48. The Hall–Kier alpha value is -2.04. The fourth-order valence-electron chi connectivity index (χ4n) is 3.22. The summed E-state index contributed by atoms with van der Waals surface area (Å²) in [5.41, 5.74) is 8.74. The van der Waals surface area contributed by atoms with E-state index in [1.807, 2.05) is 42.5 Å². The van der Waals surface area contributed by atoms with E-state index in [0.717, 1.165) is 48.6 Å². The zero-order valence-electron chi connectivity index (χ0n) is 14.2. The van der Waals surface area contributed by atoms with E-state index in [2.05, 4.69) is 11.4 Å². The minimum atomic E-state index is 0.0455. The number of ether oxygens (including phenoxy) is 2. The molecule has 0 amide bonds. The molecule has 24 heavy (non-hydrogen) atoms. The van der Waals surface area contributed by atoms with Crippen LogP contribution in [0.1, 0.15) is 30.0 Å². The van der Waals surface area contributed by atoms with Crippen LogP contribution in [-0.4, -0.2) is 20.2 Å². The lowest BCUT2D eigenvalue weighted by molar-refractivity contribution is 0.283. The fraction of sp³-hybridized carbons (Fsp3) is 0.400. The molecule has 0 radical (unpaired) electrons. The summed E-state index contributed by atoms with van der Waals surface area (Å²) in [7, 11) is 1.67. The number of methoxy groups -OCH3 is 1. The molecule has 1 saturated heterocycles. The molecular weight excluding hydrogens is 300 g/mol. The molecule has 1 atom stereocenters. The third kappa shape index (κ3) is 4.08. The summed E-state index contributed by atoms with van der Waals surface area (Å²) in [5, 5.41) is 3.38. The van der Waals surface area contributed by atoms with Crippen LogP contribution in [0.3, 0.4) is 0 Å². The van der Waals surface area contributed by atoms with E-state index in [4.69, 9.17) is 15.2 Å². The van der Waals surface area contributed by atoms with Crippen LogP contribution < -0.4 is 20.5 Å². The number of piperidine rings is 1. The van der Waals surface area contributed by atoms with Gasteiger partial charge >= 0.3 is 0 Å². The van der Waals surface area contributed by atoms with Gasteiger partial charge in [-0.05, 0) is 55.1 Å². The van der Waals surface area contributed by atoms with Crippen molar-refractivity contribution < 1.29 is 9.47 Å². The van der Waals surface area contributed by atoms with Crippen molar-refractivity contribution in [1.82, 2.24) is 5.32 Å². The quantitative estimate of drug-likeness (QED) is 0.855. The van der Waals surface area contributed by atoms with Crippen LogP contribution in [0.15, 0.2) is 48.5 Å². The monoisotopic (exact) mass is 326 g/mol. The Kier molecular flexibility index (Phi) is 5.72. The Bertz CT molecular complexity index is 639. The summed E-state index contributed by atoms with van der Waals surface area (Å²) in [6.45, 7) is 2.62. The molecule has 0 spiro atoms. The molecule has 1 aliphatic rings. The third-order valence-electron chi connectivity index (χ3n) is 4.70. The van der Waals surface area contributed by atoms with Crippen molar-refractivity contribution in [3.8, 4) is 11.5 Å². The Morgan fingerprint density at radius 3 is 2.54 bits per heavy atom. The highest BCUT2D eigenvalue weighted by Crippen LogP contribution is 2.34. The first kappa shape index (κ1) is 16.8. The summed E-state index contributed by atoms with van der Waals surface area (Å²) in [6, 6.07) is 16.2. The van der Waals surface area contributed by atoms with E-state index in [1.54, 1.807) is 7.11 Å². The first-order chi connectivity index (χ1) is 11.8. The molecule has 0 aromatic heterocycles. The molecule has 1 heterocycles. The second-order valence-corrected chi connectivity index (χ2v) is 6.30. The van der Waals surface area contributed by atoms with Crippen LogP contribution in [0, 0.1) is 5.92 Å². The zero-order valence-corrected chi connectivity index (χ0v) is 14.2. The van der Waals surface area contributed by atoms with E-state index in [1.165, 1.54) is 0 Å². The van der Waals surface area contributed by atoms with E-state index in [9.17, 15) is 0 Å². The van der Waals surface area contributed by atoms with Crippen molar-refractivity contribution in [2.75, 3.05) is 20.2 Å². The van der Waals surface area contributed by atoms with Crippen molar-refractivity contribution in [2.24, 2.45) is 11.7 Å². The minimum Gasteiger partial charge on any atom is -0.493 e. The van der Waals surface area contributed by atoms with Gasteiger partial charge in [-0.2, -0.15) is 0 Å². The summed E-state index contributed by atoms with van der Waals surface area (Å²) < 4.78 is 11.4. The molecule has 2 aromatic rings. The van der Waals surface area contributed by atoms with Crippen LogP contribution in [0.2, 0.25) is 0 Å². The van der Waals surface area contributed by atoms with Gasteiger partial charge in [0.05, 0.1) is 7.11 Å². The SMILES string of the molecule is COc1cc([C@H](N)C2CCNCC2)ccc1OCc1ccccc1. The first-order valence-electron chi connectivity index (χ1n) is 8.59. The highest BCUT2D eigenvalue weighted by Gasteiger charge is 2.22. The number of rotatable bonds is 6. The maximum Gasteiger partial charge on any atom is 0.161 e. The van der Waals surface area contributed by atoms with Gasteiger partial charge in [-0.1, -0.05) is 36.4 Å². The van der Waals surface area contributed by atoms with Crippen LogP contribution in [-0.2, 0) is 6.61 Å². The second-order valence-electron chi connectivity index (χ2n) is 6.30. The van der Waals surface area contributed by atoms with E-state index >= 15 is 0 Å². The number of hydrogen-bond donors (Lipinski definition) is 2. The van der Waals surface area contributed by atoms with Crippen LogP contribution in [0.5, 0.6) is 11.5 Å². The number of hydrogen-bond acceptors (Lipinski definition) is 4. The van der Waals surface area contributed by atoms with E-state index < -0.39 is 0 Å². The van der Waals surface area contributed by atoms with Crippen molar-refractivity contribution in [1.29, 1.82) is 0 Å². The minimum absolute atomic E-state index is 0.0455. The van der Waals surface area contributed by atoms with E-state index in [0.29, 0.717) is 12.5 Å². The number of nitrogens with two attached hydrogens (primary N) is 1. The van der Waals surface area contributed by atoms with Gasteiger partial charge in [0, 0.05) is 6.04 Å². The lowest BCUT2D eigenvalue weighted by Gasteiger charge is -2.28. The molecule has 4 heteroatoms. The molecule has 4 nitrogen and oxygen atoms in total. The molecule has 128 valence electrons. The summed E-state index contributed by atoms with van der Waals surface area (Å²) >= 11 is 0. The van der Waals surface area contributed by atoms with Gasteiger partial charge in [-0.25, -0.2) is 0 Å². The number of nitrogens with one attached hydrogen (secondary N) is 1. The maximum absolute atomic E-state index is 6.48. The van der Waals surface area contributed by atoms with Crippen molar-refractivity contribution in [3.63, 3.8) is 0 Å². The van der Waals surface area contributed by atoms with E-state index in [-0.39, 0.29) is 6.04 Å². The second kappa shape index (κ2) is 8.18. The normalized spacial score (nSPS) is 16.6. The molecule has 0 unspecified atom stereocenters. The molecule has 0 aliphatic carbocycles. The van der Waals surface area contributed by atoms with Crippen molar-refractivity contribution in [3.05, 3.63) is 59.7 Å². The molecule has 1 aliphatic heterocycles. The molecule has 0 saturated carbocycles. The van der Waals surface area contributed by atoms with Gasteiger partial charge in [-0.3, -0.25) is 0 Å². The van der Waals surface area contributed by atoms with Crippen molar-refractivity contribution >= 4 is 0 Å². The average molecular weight is 326 g/mol. The van der Waals surface area contributed by atoms with Gasteiger partial charge in [0.2, 0.25) is 0 Å². The van der Waals surface area contributed by atoms with Crippen LogP contribution in [0.25, 0.3) is 0 Å². The van der Waals surface area contributed by atoms with Gasteiger partial charge in [0.25, 0.3) is 0 Å². The highest BCUT2D eigenvalue weighted by atomic mass is 16.5. The zero-order chi connectivity index (χ0) is 16.8. The smallest absolute Gasteiger partial charge is 0.161 e. The third-order valence-corrected chi connectivity index (χ3v) is 4.70. The highest BCUT2D eigenvalue weighted by molar-refractivity contribution is 5.44. The summed E-state index contributed by atoms with van der Waals surface area (Å²) in [5.74, 6) is 2.02. The molecule has 2 aromatic carbocycles. The fourth-order valence-corrected chi connectivity index (χ4v) is 3.22. The summed E-state index contributed by atoms with van der Waals surface area (Å²) in [4.78, 5) is 0. The van der Waals surface area contributed by atoms with Crippen LogP contribution in [0.4, 0.5) is 0 Å². The Morgan fingerprint density at radius 2 is 1.83 bits per heavy atom. The standard InChI is InChI=1S/C20H26N2O2/c1-23-19-13-17(20(21)16-9-11-22-12-10-16)7-8-18(19)24-14-15-5-3-2-4-6-15/h2-8,13,16,20,22H,9-12,14,21H2,1H3/t20-/m1/s1. The molecule has 3 rings (SSSR count). The van der Waals surface area contributed by atoms with Crippen LogP contribution >= 0.6 is 0 Å². The molecular formula is C20H26N2O2. The van der Waals surface area contributed by atoms with Gasteiger partial charge in [0.15, 0.2) is 11.5 Å². The predicted molar refractivity (Wildman–Crippen MR) is 96.3 cm³/mol. The van der Waals surface area contributed by atoms with Gasteiger partial charge < -0.3 is 20.5 Å². The lowest BCUT2D eigenvalue weighted by Crippen LogP contribution is -2.33.